The van der Waals surface area contributed by atoms with Crippen molar-refractivity contribution in [1.29, 1.82) is 0 Å². The molecule has 6 heteroatoms. The van der Waals surface area contributed by atoms with Gasteiger partial charge in [-0.3, -0.25) is 4.90 Å². The summed E-state index contributed by atoms with van der Waals surface area (Å²) in [4.78, 5) is 9.22. The van der Waals surface area contributed by atoms with Gasteiger partial charge in [-0.2, -0.15) is 4.98 Å². The van der Waals surface area contributed by atoms with Crippen LogP contribution in [-0.4, -0.2) is 41.2 Å². The molecular formula is C18H20N4O2. The maximum Gasteiger partial charge on any atom is 0.298 e. The van der Waals surface area contributed by atoms with Gasteiger partial charge in [0.25, 0.3) is 6.01 Å². The van der Waals surface area contributed by atoms with Crippen molar-refractivity contribution in [3.05, 3.63) is 41.8 Å². The molecule has 124 valence electrons. The summed E-state index contributed by atoms with van der Waals surface area (Å²) in [6.07, 6.45) is 2.50. The molecule has 3 aromatic rings. The molecule has 0 amide bonds. The quantitative estimate of drug-likeness (QED) is 0.735. The van der Waals surface area contributed by atoms with E-state index < -0.39 is 0 Å². The zero-order valence-corrected chi connectivity index (χ0v) is 13.5. The van der Waals surface area contributed by atoms with Crippen molar-refractivity contribution in [2.75, 3.05) is 31.1 Å². The minimum absolute atomic E-state index is 0.627. The first-order valence-electron chi connectivity index (χ1n) is 8.63. The molecule has 2 aromatic heterocycles. The monoisotopic (exact) mass is 324 g/mol. The third-order valence-corrected chi connectivity index (χ3v) is 4.87. The molecule has 0 atom stereocenters. The van der Waals surface area contributed by atoms with Gasteiger partial charge in [-0.1, -0.05) is 17.3 Å². The van der Waals surface area contributed by atoms with E-state index in [9.17, 15) is 0 Å². The first kappa shape index (κ1) is 14.0. The summed E-state index contributed by atoms with van der Waals surface area (Å²) in [5, 5.41) is 4.22. The SMILES string of the molecule is c1ccc2oc(N3CCN(Cc4cc(C5CC5)on4)CC3)nc2c1. The Morgan fingerprint density at radius 3 is 2.71 bits per heavy atom. The van der Waals surface area contributed by atoms with Crippen LogP contribution in [-0.2, 0) is 6.54 Å². The van der Waals surface area contributed by atoms with E-state index in [1.54, 1.807) is 0 Å². The van der Waals surface area contributed by atoms with Gasteiger partial charge in [0.2, 0.25) is 0 Å². The highest BCUT2D eigenvalue weighted by molar-refractivity contribution is 5.74. The summed E-state index contributed by atoms with van der Waals surface area (Å²) >= 11 is 0. The van der Waals surface area contributed by atoms with Gasteiger partial charge < -0.3 is 13.8 Å². The van der Waals surface area contributed by atoms with Crippen LogP contribution in [0.1, 0.15) is 30.2 Å². The first-order chi connectivity index (χ1) is 11.8. The molecule has 3 heterocycles. The molecule has 0 N–H and O–H groups in total. The van der Waals surface area contributed by atoms with Gasteiger partial charge >= 0.3 is 0 Å². The maximum atomic E-state index is 5.87. The number of aromatic nitrogens is 2. The van der Waals surface area contributed by atoms with Crippen LogP contribution in [0, 0.1) is 0 Å². The zero-order valence-electron chi connectivity index (χ0n) is 13.5. The molecule has 1 saturated heterocycles. The summed E-state index contributed by atoms with van der Waals surface area (Å²) in [6.45, 7) is 4.65. The minimum Gasteiger partial charge on any atom is -0.423 e. The Labute approximate surface area is 140 Å². The summed E-state index contributed by atoms with van der Waals surface area (Å²) in [5.41, 5.74) is 2.82. The summed E-state index contributed by atoms with van der Waals surface area (Å²) in [5.74, 6) is 1.69. The van der Waals surface area contributed by atoms with E-state index in [-0.39, 0.29) is 0 Å². The highest BCUT2D eigenvalue weighted by atomic mass is 16.5. The Hall–Kier alpha value is -2.34. The Kier molecular flexibility index (Phi) is 3.29. The molecule has 0 unspecified atom stereocenters. The molecule has 24 heavy (non-hydrogen) atoms. The van der Waals surface area contributed by atoms with Crippen LogP contribution in [0.2, 0.25) is 0 Å². The van der Waals surface area contributed by atoms with Crippen molar-refractivity contribution < 1.29 is 8.94 Å². The van der Waals surface area contributed by atoms with Crippen LogP contribution >= 0.6 is 0 Å². The number of anilines is 1. The van der Waals surface area contributed by atoms with Crippen LogP contribution in [0.25, 0.3) is 11.1 Å². The normalized spacial score (nSPS) is 19.2. The number of rotatable bonds is 4. The highest BCUT2D eigenvalue weighted by Crippen LogP contribution is 2.40. The predicted molar refractivity (Wildman–Crippen MR) is 90.0 cm³/mol. The van der Waals surface area contributed by atoms with Gasteiger partial charge in [0.1, 0.15) is 11.3 Å². The number of hydrogen-bond acceptors (Lipinski definition) is 6. The number of benzene rings is 1. The lowest BCUT2D eigenvalue weighted by molar-refractivity contribution is 0.237. The smallest absolute Gasteiger partial charge is 0.298 e. The second kappa shape index (κ2) is 5.63. The second-order valence-corrected chi connectivity index (χ2v) is 6.72. The largest absolute Gasteiger partial charge is 0.423 e. The number of hydrogen-bond donors (Lipinski definition) is 0. The van der Waals surface area contributed by atoms with Crippen LogP contribution in [0.4, 0.5) is 6.01 Å². The lowest BCUT2D eigenvalue weighted by atomic mass is 10.2. The zero-order chi connectivity index (χ0) is 15.9. The van der Waals surface area contributed by atoms with E-state index >= 15 is 0 Å². The Balaban J connectivity index is 1.21. The van der Waals surface area contributed by atoms with E-state index in [1.165, 1.54) is 12.8 Å². The Bertz CT molecular complexity index is 810. The van der Waals surface area contributed by atoms with Crippen molar-refractivity contribution in [3.8, 4) is 0 Å². The van der Waals surface area contributed by atoms with Gasteiger partial charge in [-0.25, -0.2) is 0 Å². The maximum absolute atomic E-state index is 5.87. The number of oxazole rings is 1. The molecule has 6 nitrogen and oxygen atoms in total. The van der Waals surface area contributed by atoms with Crippen molar-refractivity contribution in [1.82, 2.24) is 15.0 Å². The fraction of sp³-hybridized carbons (Fsp3) is 0.444. The molecule has 1 saturated carbocycles. The summed E-state index contributed by atoms with van der Waals surface area (Å²) in [6, 6.07) is 10.8. The second-order valence-electron chi connectivity index (χ2n) is 6.72. The third-order valence-electron chi connectivity index (χ3n) is 4.87. The highest BCUT2D eigenvalue weighted by Gasteiger charge is 2.28. The number of fused-ring (bicyclic) bond motifs is 1. The van der Waals surface area contributed by atoms with Crippen molar-refractivity contribution >= 4 is 17.1 Å². The topological polar surface area (TPSA) is 58.5 Å². The Morgan fingerprint density at radius 1 is 1.08 bits per heavy atom. The molecule has 0 bridgehead atoms. The summed E-state index contributed by atoms with van der Waals surface area (Å²) in [7, 11) is 0. The molecule has 0 spiro atoms. The van der Waals surface area contributed by atoms with Gasteiger partial charge in [-0.05, 0) is 25.0 Å². The van der Waals surface area contributed by atoms with E-state index in [0.29, 0.717) is 5.92 Å². The molecule has 1 aliphatic heterocycles. The fourth-order valence-electron chi connectivity index (χ4n) is 3.28. The van der Waals surface area contributed by atoms with E-state index in [2.05, 4.69) is 26.0 Å². The van der Waals surface area contributed by atoms with Gasteiger partial charge in [0, 0.05) is 44.7 Å². The number of para-hydroxylation sites is 2. The standard InChI is InChI=1S/C18H20N4O2/c1-2-4-16-15(3-1)19-18(23-16)22-9-7-21(8-10-22)12-14-11-17(24-20-14)13-5-6-13/h1-4,11,13H,5-10,12H2. The minimum atomic E-state index is 0.627. The molecular weight excluding hydrogens is 304 g/mol. The van der Waals surface area contributed by atoms with Gasteiger partial charge in [0.05, 0.1) is 5.69 Å². The van der Waals surface area contributed by atoms with E-state index in [1.807, 2.05) is 24.3 Å². The summed E-state index contributed by atoms with van der Waals surface area (Å²) < 4.78 is 11.3. The molecule has 2 fully saturated rings. The molecule has 5 rings (SSSR count). The number of piperazine rings is 1. The average Bonchev–Trinajstić information content (AvgIpc) is 3.20. The molecule has 1 aromatic carbocycles. The van der Waals surface area contributed by atoms with E-state index in [0.717, 1.165) is 61.3 Å². The molecule has 2 aliphatic rings. The van der Waals surface area contributed by atoms with Gasteiger partial charge in [-0.15, -0.1) is 0 Å². The van der Waals surface area contributed by atoms with Crippen LogP contribution in [0.15, 0.2) is 39.3 Å². The first-order valence-corrected chi connectivity index (χ1v) is 8.63. The third kappa shape index (κ3) is 2.67. The molecule has 1 aliphatic carbocycles. The van der Waals surface area contributed by atoms with Crippen molar-refractivity contribution in [2.45, 2.75) is 25.3 Å². The van der Waals surface area contributed by atoms with Gasteiger partial charge in [0.15, 0.2) is 5.58 Å². The molecule has 0 radical (unpaired) electrons. The van der Waals surface area contributed by atoms with Crippen molar-refractivity contribution in [2.24, 2.45) is 0 Å². The average molecular weight is 324 g/mol. The lowest BCUT2D eigenvalue weighted by Crippen LogP contribution is -2.46. The van der Waals surface area contributed by atoms with Crippen molar-refractivity contribution in [3.63, 3.8) is 0 Å². The number of nitrogens with zero attached hydrogens (tertiary/aromatic N) is 4. The van der Waals surface area contributed by atoms with Crippen LogP contribution < -0.4 is 4.90 Å². The predicted octanol–water partition coefficient (Wildman–Crippen LogP) is 3.02. The lowest BCUT2D eigenvalue weighted by Gasteiger charge is -2.33. The van der Waals surface area contributed by atoms with Crippen LogP contribution in [0.5, 0.6) is 0 Å². The fourth-order valence-corrected chi connectivity index (χ4v) is 3.28. The van der Waals surface area contributed by atoms with Crippen LogP contribution in [0.3, 0.4) is 0 Å². The van der Waals surface area contributed by atoms with E-state index in [4.69, 9.17) is 8.94 Å². The Morgan fingerprint density at radius 2 is 1.92 bits per heavy atom.